The first kappa shape index (κ1) is 21.9. The van der Waals surface area contributed by atoms with Gasteiger partial charge in [-0.2, -0.15) is 0 Å². The quantitative estimate of drug-likeness (QED) is 0.787. The van der Waals surface area contributed by atoms with Crippen LogP contribution in [0.3, 0.4) is 0 Å². The maximum atomic E-state index is 12.8. The Balaban J connectivity index is 1.27. The van der Waals surface area contributed by atoms with Gasteiger partial charge in [0, 0.05) is 51.0 Å². The van der Waals surface area contributed by atoms with Gasteiger partial charge in [0.05, 0.1) is 6.26 Å². The molecule has 2 aromatic rings. The van der Waals surface area contributed by atoms with Crippen molar-refractivity contribution in [1.82, 2.24) is 14.5 Å². The molecule has 0 atom stereocenters. The minimum atomic E-state index is -3.15. The Hall–Kier alpha value is -2.32. The minimum absolute atomic E-state index is 0.0537. The van der Waals surface area contributed by atoms with Crippen molar-refractivity contribution in [3.8, 4) is 0 Å². The van der Waals surface area contributed by atoms with Crippen molar-refractivity contribution in [2.24, 2.45) is 0 Å². The van der Waals surface area contributed by atoms with Crippen LogP contribution in [-0.4, -0.2) is 75.2 Å². The zero-order chi connectivity index (χ0) is 22.0. The number of urea groups is 1. The third-order valence-electron chi connectivity index (χ3n) is 6.68. The molecule has 0 unspecified atom stereocenters. The number of hydrogen-bond donors (Lipinski definition) is 1. The standard InChI is InChI=1S/C23H32N4O3S/c1-25(21-11-15-27(16-12-21)31(2,29)30)23(28)24-20-9-13-26(14-10-20)22-8-7-18-5-3-4-6-19(18)17-22/h3-8,17,20-21H,9-16H2,1-2H3,(H,24,28). The smallest absolute Gasteiger partial charge is 0.317 e. The Kier molecular flexibility index (Phi) is 6.39. The molecule has 2 amide bonds. The third-order valence-corrected chi connectivity index (χ3v) is 7.98. The van der Waals surface area contributed by atoms with Gasteiger partial charge in [-0.05, 0) is 48.6 Å². The molecule has 2 aliphatic heterocycles. The first-order chi connectivity index (χ1) is 14.8. The summed E-state index contributed by atoms with van der Waals surface area (Å²) in [4.78, 5) is 16.9. The number of amides is 2. The van der Waals surface area contributed by atoms with Crippen LogP contribution in [0.25, 0.3) is 10.8 Å². The van der Waals surface area contributed by atoms with E-state index in [1.807, 2.05) is 7.05 Å². The fourth-order valence-electron chi connectivity index (χ4n) is 4.66. The van der Waals surface area contributed by atoms with E-state index < -0.39 is 10.0 Å². The second kappa shape index (κ2) is 9.04. The molecule has 1 N–H and O–H groups in total. The summed E-state index contributed by atoms with van der Waals surface area (Å²) in [6, 6.07) is 15.2. The van der Waals surface area contributed by atoms with Crippen LogP contribution in [0.15, 0.2) is 42.5 Å². The summed E-state index contributed by atoms with van der Waals surface area (Å²) >= 11 is 0. The maximum absolute atomic E-state index is 12.8. The predicted molar refractivity (Wildman–Crippen MR) is 125 cm³/mol. The average Bonchev–Trinajstić information content (AvgIpc) is 2.78. The molecule has 8 heteroatoms. The molecule has 0 saturated carbocycles. The molecule has 4 rings (SSSR count). The molecule has 2 aliphatic rings. The molecule has 168 valence electrons. The van der Waals surface area contributed by atoms with Crippen LogP contribution >= 0.6 is 0 Å². The molecule has 0 spiro atoms. The number of hydrogen-bond acceptors (Lipinski definition) is 4. The lowest BCUT2D eigenvalue weighted by atomic mass is 10.0. The first-order valence-electron chi connectivity index (χ1n) is 11.0. The molecule has 2 saturated heterocycles. The monoisotopic (exact) mass is 444 g/mol. The summed E-state index contributed by atoms with van der Waals surface area (Å²) in [6.07, 6.45) is 4.43. The van der Waals surface area contributed by atoms with Crippen LogP contribution in [-0.2, 0) is 10.0 Å². The summed E-state index contributed by atoms with van der Waals surface area (Å²) in [5.74, 6) is 0. The fourth-order valence-corrected chi connectivity index (χ4v) is 5.53. The van der Waals surface area contributed by atoms with Crippen molar-refractivity contribution >= 4 is 32.5 Å². The van der Waals surface area contributed by atoms with Gasteiger partial charge in [0.2, 0.25) is 10.0 Å². The molecule has 0 aromatic heterocycles. The van der Waals surface area contributed by atoms with Gasteiger partial charge < -0.3 is 15.1 Å². The van der Waals surface area contributed by atoms with Crippen LogP contribution in [0.2, 0.25) is 0 Å². The lowest BCUT2D eigenvalue weighted by molar-refractivity contribution is 0.159. The molecule has 2 heterocycles. The van der Waals surface area contributed by atoms with E-state index in [0.717, 1.165) is 25.9 Å². The van der Waals surface area contributed by atoms with Crippen molar-refractivity contribution in [3.63, 3.8) is 0 Å². The van der Waals surface area contributed by atoms with E-state index in [0.29, 0.717) is 25.9 Å². The Bertz CT molecular complexity index is 1030. The highest BCUT2D eigenvalue weighted by Crippen LogP contribution is 2.25. The normalized spacial score (nSPS) is 19.5. The first-order valence-corrected chi connectivity index (χ1v) is 12.9. The summed E-state index contributed by atoms with van der Waals surface area (Å²) in [6.45, 7) is 2.79. The second-order valence-electron chi connectivity index (χ2n) is 8.75. The van der Waals surface area contributed by atoms with Crippen molar-refractivity contribution < 1.29 is 13.2 Å². The van der Waals surface area contributed by atoms with Gasteiger partial charge in [0.25, 0.3) is 0 Å². The van der Waals surface area contributed by atoms with Gasteiger partial charge in [0.1, 0.15) is 0 Å². The van der Waals surface area contributed by atoms with Crippen molar-refractivity contribution in [3.05, 3.63) is 42.5 Å². The summed E-state index contributed by atoms with van der Waals surface area (Å²) in [7, 11) is -1.33. The van der Waals surface area contributed by atoms with Crippen LogP contribution in [0.5, 0.6) is 0 Å². The van der Waals surface area contributed by atoms with Crippen molar-refractivity contribution in [2.45, 2.75) is 37.8 Å². The predicted octanol–water partition coefficient (Wildman–Crippen LogP) is 2.87. The summed E-state index contributed by atoms with van der Waals surface area (Å²) in [5, 5.41) is 5.69. The van der Waals surface area contributed by atoms with E-state index in [1.54, 1.807) is 4.90 Å². The highest BCUT2D eigenvalue weighted by Gasteiger charge is 2.30. The molecule has 0 radical (unpaired) electrons. The van der Waals surface area contributed by atoms with E-state index in [4.69, 9.17) is 0 Å². The molecular weight excluding hydrogens is 412 g/mol. The van der Waals surface area contributed by atoms with Gasteiger partial charge >= 0.3 is 6.03 Å². The zero-order valence-electron chi connectivity index (χ0n) is 18.3. The van der Waals surface area contributed by atoms with Crippen LogP contribution in [0.4, 0.5) is 10.5 Å². The number of benzene rings is 2. The molecule has 7 nitrogen and oxygen atoms in total. The average molecular weight is 445 g/mol. The molecule has 31 heavy (non-hydrogen) atoms. The van der Waals surface area contributed by atoms with Crippen LogP contribution < -0.4 is 10.2 Å². The third kappa shape index (κ3) is 5.13. The Labute approximate surface area is 185 Å². The lowest BCUT2D eigenvalue weighted by Gasteiger charge is -2.38. The number of rotatable bonds is 4. The van der Waals surface area contributed by atoms with Gasteiger partial charge in [0.15, 0.2) is 0 Å². The number of carbonyl (C=O) groups is 1. The van der Waals surface area contributed by atoms with Gasteiger partial charge in [-0.3, -0.25) is 0 Å². The maximum Gasteiger partial charge on any atom is 0.317 e. The topological polar surface area (TPSA) is 73.0 Å². The highest BCUT2D eigenvalue weighted by molar-refractivity contribution is 7.88. The fraction of sp³-hybridized carbons (Fsp3) is 0.522. The van der Waals surface area contributed by atoms with E-state index >= 15 is 0 Å². The molecule has 0 bridgehead atoms. The molecule has 0 aliphatic carbocycles. The molecule has 2 fully saturated rings. The van der Waals surface area contributed by atoms with E-state index in [9.17, 15) is 13.2 Å². The lowest BCUT2D eigenvalue weighted by Crippen LogP contribution is -2.53. The highest BCUT2D eigenvalue weighted by atomic mass is 32.2. The number of piperidine rings is 2. The van der Waals surface area contributed by atoms with Crippen LogP contribution in [0.1, 0.15) is 25.7 Å². The number of anilines is 1. The Morgan fingerprint density at radius 2 is 1.61 bits per heavy atom. The zero-order valence-corrected chi connectivity index (χ0v) is 19.1. The molecule has 2 aromatic carbocycles. The number of fused-ring (bicyclic) bond motifs is 1. The van der Waals surface area contributed by atoms with Crippen molar-refractivity contribution in [1.29, 1.82) is 0 Å². The Morgan fingerprint density at radius 1 is 0.968 bits per heavy atom. The minimum Gasteiger partial charge on any atom is -0.371 e. The molecular formula is C23H32N4O3S. The van der Waals surface area contributed by atoms with Crippen molar-refractivity contribution in [2.75, 3.05) is 44.4 Å². The van der Waals surface area contributed by atoms with E-state index in [2.05, 4.69) is 52.7 Å². The second-order valence-corrected chi connectivity index (χ2v) is 10.7. The Morgan fingerprint density at radius 3 is 2.26 bits per heavy atom. The van der Waals surface area contributed by atoms with E-state index in [1.165, 1.54) is 27.0 Å². The SMILES string of the molecule is CN(C(=O)NC1CCN(c2ccc3ccccc3c2)CC1)C1CCN(S(C)(=O)=O)CC1. The van der Waals surface area contributed by atoms with Gasteiger partial charge in [-0.25, -0.2) is 17.5 Å². The van der Waals surface area contributed by atoms with Gasteiger partial charge in [-0.1, -0.05) is 30.3 Å². The number of nitrogens with zero attached hydrogens (tertiary/aromatic N) is 3. The number of nitrogens with one attached hydrogen (secondary N) is 1. The van der Waals surface area contributed by atoms with Gasteiger partial charge in [-0.15, -0.1) is 0 Å². The summed E-state index contributed by atoms with van der Waals surface area (Å²) in [5.41, 5.74) is 1.23. The van der Waals surface area contributed by atoms with E-state index in [-0.39, 0.29) is 18.1 Å². The number of sulfonamides is 1. The summed E-state index contributed by atoms with van der Waals surface area (Å²) < 4.78 is 24.9. The van der Waals surface area contributed by atoms with Crippen LogP contribution in [0, 0.1) is 0 Å². The largest absolute Gasteiger partial charge is 0.371 e. The number of carbonyl (C=O) groups excluding carboxylic acids is 1.